The minimum atomic E-state index is -0.788. The van der Waals surface area contributed by atoms with E-state index in [2.05, 4.69) is 41.2 Å². The van der Waals surface area contributed by atoms with Crippen LogP contribution in [0.2, 0.25) is 0 Å². The van der Waals surface area contributed by atoms with Gasteiger partial charge in [-0.1, -0.05) is 30.3 Å². The van der Waals surface area contributed by atoms with E-state index in [9.17, 15) is 20.1 Å². The van der Waals surface area contributed by atoms with Gasteiger partial charge < -0.3 is 26.0 Å². The largest absolute Gasteiger partial charge is 0.508 e. The third-order valence-corrected chi connectivity index (χ3v) is 6.87. The number of hydrogen-bond acceptors (Lipinski definition) is 6. The Morgan fingerprint density at radius 1 is 1.03 bits per heavy atom. The summed E-state index contributed by atoms with van der Waals surface area (Å²) in [4.78, 5) is 13.9. The van der Waals surface area contributed by atoms with E-state index in [0.717, 1.165) is 12.0 Å². The van der Waals surface area contributed by atoms with Crippen molar-refractivity contribution in [2.45, 2.75) is 49.8 Å². The molecule has 0 aliphatic carbocycles. The van der Waals surface area contributed by atoms with Crippen LogP contribution in [0, 0.1) is 0 Å². The van der Waals surface area contributed by atoms with Crippen LogP contribution in [0.1, 0.15) is 52.6 Å². The maximum Gasteiger partial charge on any atom is 0.251 e. The fourth-order valence-electron chi connectivity index (χ4n) is 4.04. The predicted molar refractivity (Wildman–Crippen MR) is 145 cm³/mol. The van der Waals surface area contributed by atoms with Crippen molar-refractivity contribution >= 4 is 17.7 Å². The lowest BCUT2D eigenvalue weighted by atomic mass is 9.93. The molecule has 0 unspecified atom stereocenters. The fourth-order valence-corrected chi connectivity index (χ4v) is 4.45. The van der Waals surface area contributed by atoms with Crippen LogP contribution in [0.3, 0.4) is 0 Å². The molecule has 0 aliphatic heterocycles. The number of aliphatic hydroxyl groups excluding tert-OH is 2. The van der Waals surface area contributed by atoms with E-state index >= 15 is 0 Å². The highest BCUT2D eigenvalue weighted by Gasteiger charge is 2.21. The van der Waals surface area contributed by atoms with Crippen LogP contribution in [0.5, 0.6) is 5.75 Å². The molecule has 0 aliphatic rings. The Kier molecular flexibility index (Phi) is 9.96. The topological polar surface area (TPSA) is 102 Å². The summed E-state index contributed by atoms with van der Waals surface area (Å²) < 4.78 is 0. The molecular weight excluding hydrogens is 472 g/mol. The van der Waals surface area contributed by atoms with Gasteiger partial charge in [-0.15, -0.1) is 11.8 Å². The highest BCUT2D eigenvalue weighted by molar-refractivity contribution is 7.98. The molecule has 0 saturated heterocycles. The monoisotopic (exact) mass is 508 g/mol. The van der Waals surface area contributed by atoms with Crippen molar-refractivity contribution in [1.82, 2.24) is 10.6 Å². The van der Waals surface area contributed by atoms with Crippen molar-refractivity contribution in [2.75, 3.05) is 19.3 Å². The maximum atomic E-state index is 12.7. The van der Waals surface area contributed by atoms with Crippen LogP contribution in [0.25, 0.3) is 0 Å². The van der Waals surface area contributed by atoms with Gasteiger partial charge in [-0.3, -0.25) is 4.79 Å². The van der Waals surface area contributed by atoms with Crippen molar-refractivity contribution < 1.29 is 20.1 Å². The van der Waals surface area contributed by atoms with Gasteiger partial charge in [0, 0.05) is 34.7 Å². The summed E-state index contributed by atoms with van der Waals surface area (Å²) in [7, 11) is 0. The molecule has 1 atom stereocenters. The number of thioether (sulfide) groups is 1. The first-order chi connectivity index (χ1) is 17.2. The van der Waals surface area contributed by atoms with E-state index in [4.69, 9.17) is 0 Å². The van der Waals surface area contributed by atoms with Gasteiger partial charge in [0.25, 0.3) is 5.91 Å². The zero-order valence-electron chi connectivity index (χ0n) is 21.1. The van der Waals surface area contributed by atoms with Gasteiger partial charge in [-0.05, 0) is 86.0 Å². The number of benzene rings is 3. The van der Waals surface area contributed by atoms with E-state index in [1.165, 1.54) is 16.5 Å². The first-order valence-electron chi connectivity index (χ1n) is 12.1. The van der Waals surface area contributed by atoms with Crippen molar-refractivity contribution in [2.24, 2.45) is 0 Å². The molecule has 0 bridgehead atoms. The molecule has 192 valence electrons. The highest BCUT2D eigenvalue weighted by atomic mass is 32.2. The number of rotatable bonds is 12. The predicted octanol–water partition coefficient (Wildman–Crippen LogP) is 4.22. The summed E-state index contributed by atoms with van der Waals surface area (Å²) in [5.41, 5.74) is 3.51. The Hall–Kier alpha value is -2.84. The molecular formula is C29H36N2O4S. The average molecular weight is 509 g/mol. The Balaban J connectivity index is 1.52. The summed E-state index contributed by atoms with van der Waals surface area (Å²) in [5, 5.41) is 36.1. The summed E-state index contributed by atoms with van der Waals surface area (Å²) in [6.45, 7) is 4.68. The summed E-state index contributed by atoms with van der Waals surface area (Å²) in [6, 6.07) is 20.7. The second kappa shape index (κ2) is 12.9. The van der Waals surface area contributed by atoms with Crippen molar-refractivity contribution in [3.8, 4) is 5.75 Å². The van der Waals surface area contributed by atoms with Crippen molar-refractivity contribution in [1.29, 1.82) is 0 Å². The molecule has 36 heavy (non-hydrogen) atoms. The number of carbonyl (C=O) groups excluding carboxylic acids is 1. The van der Waals surface area contributed by atoms with Gasteiger partial charge in [-0.25, -0.2) is 0 Å². The van der Waals surface area contributed by atoms with Gasteiger partial charge in [0.2, 0.25) is 0 Å². The molecule has 7 heteroatoms. The molecule has 0 saturated carbocycles. The molecule has 0 aromatic heterocycles. The van der Waals surface area contributed by atoms with Gasteiger partial charge in [0.1, 0.15) is 5.75 Å². The quantitative estimate of drug-likeness (QED) is 0.235. The Labute approximate surface area is 217 Å². The van der Waals surface area contributed by atoms with Gasteiger partial charge >= 0.3 is 0 Å². The van der Waals surface area contributed by atoms with Gasteiger partial charge in [0.15, 0.2) is 0 Å². The zero-order chi connectivity index (χ0) is 26.1. The molecule has 0 spiro atoms. The SMILES string of the molecule is CSc1ccc(CCNC(=O)c2cccc(CC(C)(C)NC[C@@H](O)c3ccc(O)c(CO)c3)c2)cc1. The molecule has 3 rings (SSSR count). The average Bonchev–Trinajstić information content (AvgIpc) is 2.88. The van der Waals surface area contributed by atoms with E-state index in [-0.39, 0.29) is 23.8 Å². The summed E-state index contributed by atoms with van der Waals surface area (Å²) in [6.07, 6.45) is 2.71. The third-order valence-electron chi connectivity index (χ3n) is 6.13. The molecule has 1 amide bonds. The Morgan fingerprint density at radius 3 is 2.47 bits per heavy atom. The van der Waals surface area contributed by atoms with Crippen LogP contribution in [0.4, 0.5) is 0 Å². The number of β-amino-alcohol motifs (C(OH)–C–C–N with tert-alkyl or cyclic N) is 1. The van der Waals surface area contributed by atoms with E-state index < -0.39 is 6.10 Å². The highest BCUT2D eigenvalue weighted by Crippen LogP contribution is 2.23. The number of aliphatic hydroxyl groups is 2. The number of phenols is 1. The number of nitrogens with one attached hydrogen (secondary N) is 2. The fraction of sp³-hybridized carbons (Fsp3) is 0.345. The second-order valence-corrected chi connectivity index (χ2v) is 10.4. The summed E-state index contributed by atoms with van der Waals surface area (Å²) in [5.74, 6) is -0.0822. The Bertz CT molecular complexity index is 1150. The minimum absolute atomic E-state index is 0.00970. The smallest absolute Gasteiger partial charge is 0.251 e. The van der Waals surface area contributed by atoms with E-state index in [1.54, 1.807) is 23.9 Å². The molecule has 5 N–H and O–H groups in total. The maximum absolute atomic E-state index is 12.7. The lowest BCUT2D eigenvalue weighted by Crippen LogP contribution is -2.43. The normalized spacial score (nSPS) is 12.4. The first-order valence-corrected chi connectivity index (χ1v) is 13.3. The van der Waals surface area contributed by atoms with Crippen LogP contribution < -0.4 is 10.6 Å². The van der Waals surface area contributed by atoms with Crippen LogP contribution in [-0.2, 0) is 19.4 Å². The molecule has 0 fully saturated rings. The Morgan fingerprint density at radius 2 is 1.78 bits per heavy atom. The van der Waals surface area contributed by atoms with E-state index in [1.807, 2.05) is 38.1 Å². The standard InChI is InChI=1S/C29H36N2O4S/c1-29(2,31-18-27(34)22-9-12-26(33)24(16-22)19-32)17-21-5-4-6-23(15-21)28(35)30-14-13-20-7-10-25(36-3)11-8-20/h4-12,15-16,27,31-34H,13-14,17-19H2,1-3H3,(H,30,35)/t27-/m1/s1. The molecule has 3 aromatic rings. The minimum Gasteiger partial charge on any atom is -0.508 e. The molecule has 3 aromatic carbocycles. The number of carbonyl (C=O) groups is 1. The molecule has 6 nitrogen and oxygen atoms in total. The lowest BCUT2D eigenvalue weighted by Gasteiger charge is -2.28. The molecule has 0 radical (unpaired) electrons. The van der Waals surface area contributed by atoms with Crippen molar-refractivity contribution in [3.63, 3.8) is 0 Å². The van der Waals surface area contributed by atoms with Crippen LogP contribution in [0.15, 0.2) is 71.6 Å². The van der Waals surface area contributed by atoms with Crippen LogP contribution >= 0.6 is 11.8 Å². The molecule has 0 heterocycles. The van der Waals surface area contributed by atoms with Gasteiger partial charge in [0.05, 0.1) is 12.7 Å². The number of amides is 1. The summed E-state index contributed by atoms with van der Waals surface area (Å²) >= 11 is 1.71. The number of hydrogen-bond donors (Lipinski definition) is 5. The van der Waals surface area contributed by atoms with Crippen molar-refractivity contribution in [3.05, 3.63) is 94.5 Å². The van der Waals surface area contributed by atoms with E-state index in [0.29, 0.717) is 36.2 Å². The second-order valence-electron chi connectivity index (χ2n) is 9.56. The lowest BCUT2D eigenvalue weighted by molar-refractivity contribution is 0.0954. The number of aromatic hydroxyl groups is 1. The third kappa shape index (κ3) is 8.10. The zero-order valence-corrected chi connectivity index (χ0v) is 21.9. The van der Waals surface area contributed by atoms with Crippen LogP contribution in [-0.4, -0.2) is 46.1 Å². The van der Waals surface area contributed by atoms with Gasteiger partial charge in [-0.2, -0.15) is 0 Å². The first kappa shape index (κ1) is 27.7.